The van der Waals surface area contributed by atoms with Crippen LogP contribution in [0.2, 0.25) is 5.02 Å². The summed E-state index contributed by atoms with van der Waals surface area (Å²) in [6, 6.07) is 9.90. The monoisotopic (exact) mass is 392 g/mol. The molecular formula is C13H8Br2ClFO. The van der Waals surface area contributed by atoms with Crippen molar-refractivity contribution in [3.8, 4) is 11.5 Å². The lowest BCUT2D eigenvalue weighted by Crippen LogP contribution is -1.93. The van der Waals surface area contributed by atoms with Crippen LogP contribution in [-0.4, -0.2) is 0 Å². The second kappa shape index (κ2) is 6.04. The van der Waals surface area contributed by atoms with Gasteiger partial charge in [-0.3, -0.25) is 0 Å². The van der Waals surface area contributed by atoms with Crippen molar-refractivity contribution in [2.24, 2.45) is 0 Å². The van der Waals surface area contributed by atoms with Gasteiger partial charge in [0.05, 0.1) is 4.47 Å². The predicted molar refractivity (Wildman–Crippen MR) is 78.3 cm³/mol. The Balaban J connectivity index is 2.39. The van der Waals surface area contributed by atoms with Gasteiger partial charge in [0.25, 0.3) is 0 Å². The minimum Gasteiger partial charge on any atom is -0.453 e. The van der Waals surface area contributed by atoms with E-state index in [4.69, 9.17) is 16.3 Å². The summed E-state index contributed by atoms with van der Waals surface area (Å²) < 4.78 is 20.0. The molecule has 0 N–H and O–H groups in total. The number of alkyl halides is 1. The molecule has 0 bridgehead atoms. The van der Waals surface area contributed by atoms with Crippen LogP contribution in [0.5, 0.6) is 11.5 Å². The summed E-state index contributed by atoms with van der Waals surface area (Å²) in [5.41, 5.74) is 0.747. The van der Waals surface area contributed by atoms with E-state index in [-0.39, 0.29) is 5.75 Å². The summed E-state index contributed by atoms with van der Waals surface area (Å²) in [5.74, 6) is 0.345. The Labute approximate surface area is 126 Å². The van der Waals surface area contributed by atoms with Gasteiger partial charge in [-0.05, 0) is 40.2 Å². The zero-order chi connectivity index (χ0) is 13.1. The Morgan fingerprint density at radius 3 is 2.67 bits per heavy atom. The van der Waals surface area contributed by atoms with E-state index in [0.717, 1.165) is 5.56 Å². The topological polar surface area (TPSA) is 9.23 Å². The van der Waals surface area contributed by atoms with Crippen molar-refractivity contribution in [2.75, 3.05) is 0 Å². The summed E-state index contributed by atoms with van der Waals surface area (Å²) in [6.45, 7) is 0. The maximum absolute atomic E-state index is 13.7. The number of para-hydroxylation sites is 1. The summed E-state index contributed by atoms with van der Waals surface area (Å²) in [4.78, 5) is 0. The Kier molecular flexibility index (Phi) is 4.65. The standard InChI is InChI=1S/C13H8Br2ClFO/c14-7-8-2-1-3-11(17)13(8)18-12-5-4-9(16)6-10(12)15/h1-6H,7H2. The lowest BCUT2D eigenvalue weighted by Gasteiger charge is -2.12. The third kappa shape index (κ3) is 3.05. The molecule has 2 aromatic rings. The molecule has 5 heteroatoms. The lowest BCUT2D eigenvalue weighted by molar-refractivity contribution is 0.436. The molecule has 0 radical (unpaired) electrons. The predicted octanol–water partition coefficient (Wildman–Crippen LogP) is 5.93. The van der Waals surface area contributed by atoms with Crippen LogP contribution in [0.3, 0.4) is 0 Å². The Bertz CT molecular complexity index is 575. The fourth-order valence-corrected chi connectivity index (χ4v) is 2.65. The normalized spacial score (nSPS) is 10.4. The number of hydrogen-bond acceptors (Lipinski definition) is 1. The first-order chi connectivity index (χ1) is 8.61. The van der Waals surface area contributed by atoms with E-state index in [1.54, 1.807) is 30.3 Å². The zero-order valence-electron chi connectivity index (χ0n) is 9.09. The van der Waals surface area contributed by atoms with Crippen molar-refractivity contribution >= 4 is 43.5 Å². The SMILES string of the molecule is Fc1cccc(CBr)c1Oc1ccc(Cl)cc1Br. The van der Waals surface area contributed by atoms with E-state index in [1.165, 1.54) is 6.07 Å². The number of hydrogen-bond donors (Lipinski definition) is 0. The van der Waals surface area contributed by atoms with Crippen LogP contribution in [0, 0.1) is 5.82 Å². The van der Waals surface area contributed by atoms with E-state index >= 15 is 0 Å². The molecule has 0 aliphatic heterocycles. The second-order valence-electron chi connectivity index (χ2n) is 3.54. The van der Waals surface area contributed by atoms with Gasteiger partial charge >= 0.3 is 0 Å². The van der Waals surface area contributed by atoms with Crippen molar-refractivity contribution in [3.05, 3.63) is 57.3 Å². The quantitative estimate of drug-likeness (QED) is 0.587. The molecule has 2 rings (SSSR count). The molecule has 1 nitrogen and oxygen atoms in total. The van der Waals surface area contributed by atoms with Crippen molar-refractivity contribution < 1.29 is 9.13 Å². The second-order valence-corrected chi connectivity index (χ2v) is 5.39. The summed E-state index contributed by atoms with van der Waals surface area (Å²) in [6.07, 6.45) is 0. The molecule has 2 aromatic carbocycles. The summed E-state index contributed by atoms with van der Waals surface area (Å²) >= 11 is 12.5. The highest BCUT2D eigenvalue weighted by Gasteiger charge is 2.12. The van der Waals surface area contributed by atoms with Gasteiger partial charge in [0.15, 0.2) is 11.6 Å². The maximum atomic E-state index is 13.7. The Hall–Kier alpha value is -0.580. The van der Waals surface area contributed by atoms with Gasteiger partial charge < -0.3 is 4.74 Å². The molecule has 0 unspecified atom stereocenters. The van der Waals surface area contributed by atoms with Crippen molar-refractivity contribution in [1.82, 2.24) is 0 Å². The minimum absolute atomic E-state index is 0.220. The molecule has 0 amide bonds. The van der Waals surface area contributed by atoms with Gasteiger partial charge in [0.2, 0.25) is 0 Å². The molecule has 0 fully saturated rings. The first-order valence-electron chi connectivity index (χ1n) is 5.08. The molecule has 0 aliphatic carbocycles. The van der Waals surface area contributed by atoms with Crippen LogP contribution in [0.25, 0.3) is 0 Å². The van der Waals surface area contributed by atoms with E-state index < -0.39 is 5.82 Å². The smallest absolute Gasteiger partial charge is 0.167 e. The van der Waals surface area contributed by atoms with Gasteiger partial charge in [-0.25, -0.2) is 4.39 Å². The number of rotatable bonds is 3. The molecular weight excluding hydrogens is 386 g/mol. The van der Waals surface area contributed by atoms with Crippen molar-refractivity contribution in [1.29, 1.82) is 0 Å². The molecule has 0 saturated carbocycles. The highest BCUT2D eigenvalue weighted by atomic mass is 79.9. The summed E-state index contributed by atoms with van der Waals surface area (Å²) in [7, 11) is 0. The zero-order valence-corrected chi connectivity index (χ0v) is 13.0. The van der Waals surface area contributed by atoms with E-state index in [1.807, 2.05) is 0 Å². The van der Waals surface area contributed by atoms with Crippen molar-refractivity contribution in [2.45, 2.75) is 5.33 Å². The van der Waals surface area contributed by atoms with Crippen LogP contribution in [0.4, 0.5) is 4.39 Å². The van der Waals surface area contributed by atoms with E-state index in [0.29, 0.717) is 20.6 Å². The fraction of sp³-hybridized carbons (Fsp3) is 0.0769. The van der Waals surface area contributed by atoms with Crippen LogP contribution >= 0.6 is 43.5 Å². The highest BCUT2D eigenvalue weighted by molar-refractivity contribution is 9.10. The molecule has 0 saturated heterocycles. The molecule has 0 aliphatic rings. The lowest BCUT2D eigenvalue weighted by atomic mass is 10.2. The largest absolute Gasteiger partial charge is 0.453 e. The molecule has 18 heavy (non-hydrogen) atoms. The van der Waals surface area contributed by atoms with Gasteiger partial charge in [0.1, 0.15) is 5.75 Å². The highest BCUT2D eigenvalue weighted by Crippen LogP contribution is 2.35. The maximum Gasteiger partial charge on any atom is 0.167 e. The number of halogens is 4. The van der Waals surface area contributed by atoms with Crippen molar-refractivity contribution in [3.63, 3.8) is 0 Å². The number of ether oxygens (including phenoxy) is 1. The van der Waals surface area contributed by atoms with Gasteiger partial charge in [-0.1, -0.05) is 39.7 Å². The fourth-order valence-electron chi connectivity index (χ4n) is 1.44. The molecule has 0 aromatic heterocycles. The first-order valence-corrected chi connectivity index (χ1v) is 7.37. The Morgan fingerprint density at radius 1 is 1.22 bits per heavy atom. The molecule has 0 atom stereocenters. The van der Waals surface area contributed by atoms with E-state index in [2.05, 4.69) is 31.9 Å². The van der Waals surface area contributed by atoms with Gasteiger partial charge in [-0.2, -0.15) is 0 Å². The third-order valence-corrected chi connectivity index (χ3v) is 3.76. The number of benzene rings is 2. The molecule has 94 valence electrons. The van der Waals surface area contributed by atoms with Gasteiger partial charge in [0, 0.05) is 15.9 Å². The van der Waals surface area contributed by atoms with Crippen LogP contribution in [0.1, 0.15) is 5.56 Å². The third-order valence-electron chi connectivity index (χ3n) is 2.30. The minimum atomic E-state index is -0.395. The average molecular weight is 394 g/mol. The molecule has 0 spiro atoms. The molecule has 0 heterocycles. The van der Waals surface area contributed by atoms with E-state index in [9.17, 15) is 4.39 Å². The first kappa shape index (κ1) is 13.8. The van der Waals surface area contributed by atoms with Gasteiger partial charge in [-0.15, -0.1) is 0 Å². The van der Waals surface area contributed by atoms with Crippen LogP contribution < -0.4 is 4.74 Å². The van der Waals surface area contributed by atoms with Crippen LogP contribution in [-0.2, 0) is 5.33 Å². The van der Waals surface area contributed by atoms with Crippen LogP contribution in [0.15, 0.2) is 40.9 Å². The Morgan fingerprint density at radius 2 is 2.00 bits per heavy atom. The summed E-state index contributed by atoms with van der Waals surface area (Å²) in [5, 5.41) is 1.11. The average Bonchev–Trinajstić information content (AvgIpc) is 2.34.